The minimum atomic E-state index is -0.879. The maximum Gasteiger partial charge on any atom is 0.0723 e. The highest BCUT2D eigenvalue weighted by Gasteiger charge is 2.58. The molecular formula is C124H112. The first-order valence-electron chi connectivity index (χ1n) is 45.5. The van der Waals surface area contributed by atoms with Crippen molar-refractivity contribution in [1.82, 2.24) is 0 Å². The van der Waals surface area contributed by atoms with Crippen LogP contribution >= 0.6 is 0 Å². The summed E-state index contributed by atoms with van der Waals surface area (Å²) in [4.78, 5) is 0. The van der Waals surface area contributed by atoms with Crippen molar-refractivity contribution >= 4 is 10.8 Å². The highest BCUT2D eigenvalue weighted by atomic mass is 14.6. The third-order valence-electron chi connectivity index (χ3n) is 29.7. The number of aryl methyl sites for hydroxylation is 2. The van der Waals surface area contributed by atoms with Crippen molar-refractivity contribution in [3.8, 4) is 66.8 Å². The Morgan fingerprint density at radius 1 is 0.194 bits per heavy atom. The quantitative estimate of drug-likeness (QED) is 0.142. The monoisotopic (exact) mass is 1600 g/mol. The van der Waals surface area contributed by atoms with E-state index in [1.54, 1.807) is 0 Å². The summed E-state index contributed by atoms with van der Waals surface area (Å²) in [6, 6.07) is 124. The molecule has 0 aromatic heterocycles. The minimum Gasteiger partial charge on any atom is -0.0619 e. The number of fused-ring (bicyclic) bond motifs is 2. The maximum atomic E-state index is 2.67. The van der Waals surface area contributed by atoms with Crippen LogP contribution in [0.1, 0.15) is 259 Å². The van der Waals surface area contributed by atoms with Crippen LogP contribution in [0.5, 0.6) is 0 Å². The van der Waals surface area contributed by atoms with Gasteiger partial charge in [0.1, 0.15) is 0 Å². The van der Waals surface area contributed by atoms with Crippen molar-refractivity contribution in [3.05, 3.63) is 467 Å². The van der Waals surface area contributed by atoms with Gasteiger partial charge in [-0.1, -0.05) is 439 Å². The molecule has 0 N–H and O–H groups in total. The standard InChI is InChI=1S/C124H112/c1-71-45-49-75(50-46-71)105-106(76-51-47-72(2)48-52-76)116(124-98-42-30-24-36-88(98)108(89-37-25-31-43-99(89)124)90-38-26-32-44-100(90)124)114-94-64-62-92-109-91(61-63-93(110(94)109)113(114)115(105)123-95-39-27-21-33-85(95)107(86-34-22-28-40-96(86)123)87-35-23-29-41-97(87)123)111-103(77-65-81(119(9,10)11)69-82(66-77)120(12,13)14)101(73-53-57-79(58-54-73)117(3,4)5)102(74-55-59-80(60-56-74)118(6,7)8)104(112(92)111)78-67-83(121(15,16)17)70-84(68-78)122(18,19)20/h21-70,107-108H,1-20H3. The van der Waals surface area contributed by atoms with Gasteiger partial charge in [0.2, 0.25) is 0 Å². The minimum absolute atomic E-state index is 0.0366. The van der Waals surface area contributed by atoms with Crippen molar-refractivity contribution in [2.24, 2.45) is 0 Å². The van der Waals surface area contributed by atoms with Crippen LogP contribution < -0.4 is 0 Å². The lowest BCUT2D eigenvalue weighted by atomic mass is 9.48. The Morgan fingerprint density at radius 3 is 0.653 bits per heavy atom. The maximum absolute atomic E-state index is 2.67. The fourth-order valence-electron chi connectivity index (χ4n) is 23.6. The van der Waals surface area contributed by atoms with E-state index in [1.807, 2.05) is 0 Å². The van der Waals surface area contributed by atoms with E-state index in [-0.39, 0.29) is 44.3 Å². The van der Waals surface area contributed by atoms with Crippen LogP contribution in [0.2, 0.25) is 0 Å². The van der Waals surface area contributed by atoms with E-state index in [2.05, 4.69) is 442 Å². The van der Waals surface area contributed by atoms with E-state index in [0.29, 0.717) is 0 Å². The van der Waals surface area contributed by atoms with Gasteiger partial charge in [0.25, 0.3) is 0 Å². The molecule has 8 aliphatic carbocycles. The summed E-state index contributed by atoms with van der Waals surface area (Å²) in [7, 11) is 0. The molecule has 0 spiro atoms. The Balaban J connectivity index is 1.09. The lowest BCUT2D eigenvalue weighted by Crippen LogP contribution is -2.45. The number of hydrogen-bond acceptors (Lipinski definition) is 0. The summed E-state index contributed by atoms with van der Waals surface area (Å²) in [5, 5.41) is 12.9. The molecule has 8 aliphatic rings. The Hall–Kier alpha value is -12.2. The summed E-state index contributed by atoms with van der Waals surface area (Å²) < 4.78 is 0. The normalized spacial score (nSPS) is 17.3. The molecule has 0 saturated heterocycles. The first-order valence-corrected chi connectivity index (χ1v) is 45.5. The van der Waals surface area contributed by atoms with Crippen molar-refractivity contribution in [2.75, 3.05) is 0 Å². The van der Waals surface area contributed by atoms with Gasteiger partial charge < -0.3 is 0 Å². The lowest BCUT2D eigenvalue weighted by Gasteiger charge is -2.54. The van der Waals surface area contributed by atoms with Gasteiger partial charge in [0.15, 0.2) is 0 Å². The molecular weight excluding hydrogens is 1490 g/mol. The molecule has 0 heteroatoms. The van der Waals surface area contributed by atoms with Crippen LogP contribution in [0.3, 0.4) is 0 Å². The van der Waals surface area contributed by atoms with Gasteiger partial charge in [-0.05, 0) is 277 Å². The topological polar surface area (TPSA) is 0 Å². The Bertz CT molecular complexity index is 7000. The SMILES string of the molecule is Cc1ccc(-c2c(-c3ccc(C)cc3)c(C34c5ccccc5C(c5ccccc53)c3ccccc34)c3c(c2C24c5ccccc5C(c5ccccc52)c2ccccc24)=c2ccc4c5c(ccc=3c25)=c2c(-c3cc(C(C)(C)C)cc(C(C)(C)C)c3)c(-c3ccc(C(C)(C)C)cc3)c(-c3ccc(C(C)(C)C)cc3)c(-c3cc(C(C)(C)C)cc(C(C)(C)C)c3)c2=4)cc1. The van der Waals surface area contributed by atoms with Crippen LogP contribution in [0.25, 0.3) is 77.5 Å². The Labute approximate surface area is 733 Å². The van der Waals surface area contributed by atoms with Gasteiger partial charge >= 0.3 is 0 Å². The van der Waals surface area contributed by atoms with E-state index in [1.165, 1.54) is 242 Å². The fraction of sp³-hybridized carbons (Fsp3) is 0.242. The largest absolute Gasteiger partial charge is 0.0723 e. The van der Waals surface area contributed by atoms with Gasteiger partial charge in [0.05, 0.1) is 10.8 Å². The summed E-state index contributed by atoms with van der Waals surface area (Å²) in [6.07, 6.45) is 0. The third kappa shape index (κ3) is 11.0. The predicted molar refractivity (Wildman–Crippen MR) is 520 cm³/mol. The molecule has 0 radical (unpaired) electrons. The number of benzene rings is 16. The summed E-state index contributed by atoms with van der Waals surface area (Å²) in [5.41, 5.74) is 41.6. The second kappa shape index (κ2) is 26.7. The molecule has 16 aromatic carbocycles. The Morgan fingerprint density at radius 2 is 0.411 bits per heavy atom. The molecule has 0 saturated carbocycles. The Kier molecular flexibility index (Phi) is 16.7. The van der Waals surface area contributed by atoms with Crippen LogP contribution in [0.4, 0.5) is 0 Å². The smallest absolute Gasteiger partial charge is 0.0619 e. The molecule has 16 aromatic rings. The third-order valence-corrected chi connectivity index (χ3v) is 29.7. The zero-order valence-corrected chi connectivity index (χ0v) is 76.0. The van der Waals surface area contributed by atoms with E-state index < -0.39 is 10.8 Å². The zero-order chi connectivity index (χ0) is 85.9. The second-order valence-electron chi connectivity index (χ2n) is 43.4. The van der Waals surface area contributed by atoms with E-state index in [0.717, 1.165) is 0 Å². The molecule has 124 heavy (non-hydrogen) atoms. The van der Waals surface area contributed by atoms with Crippen molar-refractivity contribution in [1.29, 1.82) is 0 Å². The highest BCUT2D eigenvalue weighted by molar-refractivity contribution is 6.06. The van der Waals surface area contributed by atoms with Crippen LogP contribution in [0, 0.1) is 55.6 Å². The highest BCUT2D eigenvalue weighted by Crippen LogP contribution is 2.69. The van der Waals surface area contributed by atoms with Crippen molar-refractivity contribution in [3.63, 3.8) is 0 Å². The molecule has 4 bridgehead atoms. The average molecular weight is 1600 g/mol. The van der Waals surface area contributed by atoms with Gasteiger partial charge in [-0.3, -0.25) is 0 Å². The van der Waals surface area contributed by atoms with E-state index in [9.17, 15) is 0 Å². The summed E-state index contributed by atoms with van der Waals surface area (Å²) in [5.74, 6) is 0.0732. The molecule has 0 unspecified atom stereocenters. The van der Waals surface area contributed by atoms with Crippen LogP contribution in [-0.2, 0) is 43.3 Å². The molecule has 608 valence electrons. The van der Waals surface area contributed by atoms with Gasteiger partial charge in [-0.2, -0.15) is 0 Å². The fourth-order valence-corrected chi connectivity index (χ4v) is 23.6. The number of hydrogen-bond donors (Lipinski definition) is 0. The number of rotatable bonds is 8. The second-order valence-corrected chi connectivity index (χ2v) is 43.4. The lowest BCUT2D eigenvalue weighted by molar-refractivity contribution is 0.568. The first-order chi connectivity index (χ1) is 59.2. The molecule has 0 nitrogen and oxygen atoms in total. The molecule has 0 aliphatic heterocycles. The van der Waals surface area contributed by atoms with Crippen LogP contribution in [-0.4, -0.2) is 0 Å². The first kappa shape index (κ1) is 77.8. The van der Waals surface area contributed by atoms with Gasteiger partial charge in [-0.15, -0.1) is 0 Å². The molecule has 24 rings (SSSR count). The van der Waals surface area contributed by atoms with E-state index in [4.69, 9.17) is 0 Å². The molecule has 0 heterocycles. The molecule has 0 atom stereocenters. The van der Waals surface area contributed by atoms with Gasteiger partial charge in [0, 0.05) is 11.8 Å². The van der Waals surface area contributed by atoms with Gasteiger partial charge in [-0.25, -0.2) is 0 Å². The van der Waals surface area contributed by atoms with Crippen LogP contribution in [0.15, 0.2) is 303 Å². The summed E-state index contributed by atoms with van der Waals surface area (Å²) in [6.45, 7) is 47.7. The van der Waals surface area contributed by atoms with Crippen molar-refractivity contribution < 1.29 is 0 Å². The van der Waals surface area contributed by atoms with Crippen molar-refractivity contribution in [2.45, 2.75) is 194 Å². The molecule has 0 amide bonds. The average Bonchev–Trinajstić information content (AvgIpc) is 1.37. The summed E-state index contributed by atoms with van der Waals surface area (Å²) >= 11 is 0. The van der Waals surface area contributed by atoms with E-state index >= 15 is 0 Å². The zero-order valence-electron chi connectivity index (χ0n) is 76.0. The molecule has 0 fully saturated rings. The predicted octanol–water partition coefficient (Wildman–Crippen LogP) is 31.4.